The molecule has 7 nitrogen and oxygen atoms in total. The average molecular weight is 471 g/mol. The van der Waals surface area contributed by atoms with Crippen LogP contribution in [0.3, 0.4) is 0 Å². The molecule has 3 aromatic carbocycles. The summed E-state index contributed by atoms with van der Waals surface area (Å²) in [6.45, 7) is 2.20. The van der Waals surface area contributed by atoms with Gasteiger partial charge in [0.15, 0.2) is 6.61 Å². The number of fused-ring (bicyclic) bond motifs is 1. The van der Waals surface area contributed by atoms with Gasteiger partial charge in [0.2, 0.25) is 0 Å². The molecule has 0 fully saturated rings. The second kappa shape index (κ2) is 10.8. The summed E-state index contributed by atoms with van der Waals surface area (Å²) >= 11 is 0. The Kier molecular flexibility index (Phi) is 7.35. The molecule has 7 heteroatoms. The molecule has 0 saturated heterocycles. The fraction of sp³-hybridized carbons (Fsp3) is 0.214. The summed E-state index contributed by atoms with van der Waals surface area (Å²) in [6.07, 6.45) is 0.0842. The van der Waals surface area contributed by atoms with E-state index in [0.717, 1.165) is 16.0 Å². The first-order valence-corrected chi connectivity index (χ1v) is 11.5. The Hall–Kier alpha value is -4.26. The molecule has 178 valence electrons. The number of hydrogen-bond donors (Lipinski definition) is 0. The van der Waals surface area contributed by atoms with Gasteiger partial charge < -0.3 is 9.64 Å². The topological polar surface area (TPSA) is 84.0 Å². The SMILES string of the molecule is CCN(Cc1ccccc1)C(=O)COC(=O)[C@H](Cc1ccccc1)N1C(=O)c2ccccc2C1=O. The normalized spacial score (nSPS) is 13.3. The minimum Gasteiger partial charge on any atom is -0.454 e. The maximum Gasteiger partial charge on any atom is 0.330 e. The lowest BCUT2D eigenvalue weighted by atomic mass is 10.0. The molecule has 3 aromatic rings. The van der Waals surface area contributed by atoms with E-state index in [1.165, 1.54) is 0 Å². The van der Waals surface area contributed by atoms with E-state index in [-0.39, 0.29) is 23.5 Å². The molecule has 1 atom stereocenters. The van der Waals surface area contributed by atoms with Crippen molar-refractivity contribution in [3.63, 3.8) is 0 Å². The fourth-order valence-electron chi connectivity index (χ4n) is 4.11. The molecule has 0 aliphatic carbocycles. The number of benzene rings is 3. The molecule has 0 bridgehead atoms. The van der Waals surface area contributed by atoms with E-state index >= 15 is 0 Å². The summed E-state index contributed by atoms with van der Waals surface area (Å²) < 4.78 is 5.39. The second-order valence-corrected chi connectivity index (χ2v) is 8.23. The fourth-order valence-corrected chi connectivity index (χ4v) is 4.11. The maximum atomic E-state index is 13.2. The van der Waals surface area contributed by atoms with Gasteiger partial charge >= 0.3 is 5.97 Å². The van der Waals surface area contributed by atoms with Crippen LogP contribution in [0.4, 0.5) is 0 Å². The Labute approximate surface area is 203 Å². The maximum absolute atomic E-state index is 13.2. The molecule has 35 heavy (non-hydrogen) atoms. The summed E-state index contributed by atoms with van der Waals surface area (Å²) in [5.74, 6) is -2.25. The van der Waals surface area contributed by atoms with Crippen LogP contribution in [0.25, 0.3) is 0 Å². The van der Waals surface area contributed by atoms with Crippen LogP contribution < -0.4 is 0 Å². The number of hydrogen-bond acceptors (Lipinski definition) is 5. The van der Waals surface area contributed by atoms with E-state index in [1.54, 1.807) is 29.2 Å². The molecule has 4 rings (SSSR count). The zero-order valence-electron chi connectivity index (χ0n) is 19.4. The van der Waals surface area contributed by atoms with Crippen molar-refractivity contribution in [3.8, 4) is 0 Å². The molecule has 1 aliphatic rings. The molecule has 3 amide bonds. The van der Waals surface area contributed by atoms with Crippen molar-refractivity contribution < 1.29 is 23.9 Å². The van der Waals surface area contributed by atoms with Gasteiger partial charge in [-0.15, -0.1) is 0 Å². The summed E-state index contributed by atoms with van der Waals surface area (Å²) in [4.78, 5) is 54.7. The van der Waals surface area contributed by atoms with Gasteiger partial charge in [0.25, 0.3) is 17.7 Å². The zero-order valence-corrected chi connectivity index (χ0v) is 19.4. The number of esters is 1. The lowest BCUT2D eigenvalue weighted by molar-refractivity contribution is -0.155. The van der Waals surface area contributed by atoms with E-state index in [4.69, 9.17) is 4.74 Å². The summed E-state index contributed by atoms with van der Waals surface area (Å²) in [5.41, 5.74) is 2.22. The number of likely N-dealkylation sites (N-methyl/N-ethyl adjacent to an activating group) is 1. The highest BCUT2D eigenvalue weighted by Crippen LogP contribution is 2.26. The highest BCUT2D eigenvalue weighted by molar-refractivity contribution is 6.22. The van der Waals surface area contributed by atoms with Crippen LogP contribution >= 0.6 is 0 Å². The third-order valence-electron chi connectivity index (χ3n) is 5.97. The van der Waals surface area contributed by atoms with Gasteiger partial charge in [0.05, 0.1) is 11.1 Å². The number of ether oxygens (including phenoxy) is 1. The largest absolute Gasteiger partial charge is 0.454 e. The summed E-state index contributed by atoms with van der Waals surface area (Å²) in [7, 11) is 0. The molecule has 1 aliphatic heterocycles. The number of nitrogens with zero attached hydrogens (tertiary/aromatic N) is 2. The molecule has 0 N–H and O–H groups in total. The number of carbonyl (C=O) groups excluding carboxylic acids is 4. The zero-order chi connectivity index (χ0) is 24.8. The van der Waals surface area contributed by atoms with Gasteiger partial charge in [-0.2, -0.15) is 0 Å². The molecule has 0 unspecified atom stereocenters. The van der Waals surface area contributed by atoms with Crippen molar-refractivity contribution in [2.24, 2.45) is 0 Å². The van der Waals surface area contributed by atoms with E-state index in [2.05, 4.69) is 0 Å². The predicted molar refractivity (Wildman–Crippen MR) is 129 cm³/mol. The first-order valence-electron chi connectivity index (χ1n) is 11.5. The minimum absolute atomic E-state index is 0.0842. The Morgan fingerprint density at radius 3 is 1.86 bits per heavy atom. The number of carbonyl (C=O) groups is 4. The molecule has 1 heterocycles. The van der Waals surface area contributed by atoms with Gasteiger partial charge in [-0.05, 0) is 30.2 Å². The molecule has 0 saturated carbocycles. The Bertz CT molecular complexity index is 1190. The predicted octanol–water partition coefficient (Wildman–Crippen LogP) is 3.49. The van der Waals surface area contributed by atoms with Crippen molar-refractivity contribution >= 4 is 23.7 Å². The minimum atomic E-state index is -1.19. The van der Waals surface area contributed by atoms with E-state index in [0.29, 0.717) is 13.1 Å². The van der Waals surface area contributed by atoms with Crippen LogP contribution in [0.5, 0.6) is 0 Å². The highest BCUT2D eigenvalue weighted by atomic mass is 16.5. The van der Waals surface area contributed by atoms with Crippen molar-refractivity contribution in [1.29, 1.82) is 0 Å². The van der Waals surface area contributed by atoms with Crippen molar-refractivity contribution in [1.82, 2.24) is 9.80 Å². The van der Waals surface area contributed by atoms with Gasteiger partial charge in [-0.25, -0.2) is 4.79 Å². The Morgan fingerprint density at radius 1 is 0.800 bits per heavy atom. The quantitative estimate of drug-likeness (QED) is 0.353. The Balaban J connectivity index is 1.50. The van der Waals surface area contributed by atoms with Crippen LogP contribution in [-0.4, -0.2) is 52.7 Å². The van der Waals surface area contributed by atoms with Gasteiger partial charge in [0, 0.05) is 19.5 Å². The lowest BCUT2D eigenvalue weighted by Crippen LogP contribution is -2.47. The lowest BCUT2D eigenvalue weighted by Gasteiger charge is -2.26. The first kappa shape index (κ1) is 23.9. The smallest absolute Gasteiger partial charge is 0.330 e. The first-order chi connectivity index (χ1) is 17.0. The van der Waals surface area contributed by atoms with E-state index in [9.17, 15) is 19.2 Å². The Morgan fingerprint density at radius 2 is 1.31 bits per heavy atom. The molecule has 0 aromatic heterocycles. The van der Waals surface area contributed by atoms with Crippen molar-refractivity contribution in [2.75, 3.05) is 13.2 Å². The molecule has 0 spiro atoms. The monoisotopic (exact) mass is 470 g/mol. The van der Waals surface area contributed by atoms with Gasteiger partial charge in [0.1, 0.15) is 6.04 Å². The molecular weight excluding hydrogens is 444 g/mol. The summed E-state index contributed by atoms with van der Waals surface area (Å²) in [6, 6.07) is 23.9. The van der Waals surface area contributed by atoms with Crippen LogP contribution in [0.15, 0.2) is 84.9 Å². The summed E-state index contributed by atoms with van der Waals surface area (Å²) in [5, 5.41) is 0. The number of amides is 3. The third kappa shape index (κ3) is 5.30. The van der Waals surface area contributed by atoms with Crippen molar-refractivity contribution in [2.45, 2.75) is 25.9 Å². The average Bonchev–Trinajstić information content (AvgIpc) is 3.15. The number of rotatable bonds is 9. The van der Waals surface area contributed by atoms with Crippen LogP contribution in [0.2, 0.25) is 0 Å². The second-order valence-electron chi connectivity index (χ2n) is 8.23. The van der Waals surface area contributed by atoms with Crippen LogP contribution in [0.1, 0.15) is 38.8 Å². The number of imide groups is 1. The standard InChI is InChI=1S/C28H26N2O5/c1-2-29(18-21-13-7-4-8-14-21)25(31)19-35-28(34)24(17-20-11-5-3-6-12-20)30-26(32)22-15-9-10-16-23(22)27(30)33/h3-16,24H,2,17-19H2,1H3/t24-/m0/s1. The van der Waals surface area contributed by atoms with Crippen LogP contribution in [-0.2, 0) is 27.3 Å². The third-order valence-corrected chi connectivity index (χ3v) is 5.97. The molecule has 0 radical (unpaired) electrons. The van der Waals surface area contributed by atoms with E-state index in [1.807, 2.05) is 67.6 Å². The van der Waals surface area contributed by atoms with Gasteiger partial charge in [-0.3, -0.25) is 19.3 Å². The van der Waals surface area contributed by atoms with E-state index < -0.39 is 30.4 Å². The van der Waals surface area contributed by atoms with Crippen LogP contribution in [0, 0.1) is 0 Å². The highest BCUT2D eigenvalue weighted by Gasteiger charge is 2.43. The molecular formula is C28H26N2O5. The van der Waals surface area contributed by atoms with Gasteiger partial charge in [-0.1, -0.05) is 72.8 Å². The van der Waals surface area contributed by atoms with Crippen molar-refractivity contribution in [3.05, 3.63) is 107 Å².